The van der Waals surface area contributed by atoms with Crippen LogP contribution in [0.25, 0.3) is 11.0 Å². The van der Waals surface area contributed by atoms with Crippen molar-refractivity contribution >= 4 is 16.9 Å². The van der Waals surface area contributed by atoms with E-state index in [1.54, 1.807) is 34.8 Å². The summed E-state index contributed by atoms with van der Waals surface area (Å²) in [4.78, 5) is 20.8. The minimum atomic E-state index is -2.71. The SMILES string of the molecule is Cc1nn(C)c(C)c1CN(C)C(=O)c1cccc2[nH]c(C(F)F)nc12. The maximum absolute atomic E-state index is 12.9. The Kier molecular flexibility index (Phi) is 4.28. The van der Waals surface area contributed by atoms with Crippen LogP contribution < -0.4 is 0 Å². The summed E-state index contributed by atoms with van der Waals surface area (Å²) in [6.07, 6.45) is -2.71. The standard InChI is InChI=1S/C17H19F2N5O/c1-9-12(10(2)24(4)22-9)8-23(3)17(25)11-6-5-7-13-14(11)21-16(20-13)15(18)19/h5-7,15H,8H2,1-4H3,(H,20,21). The fourth-order valence-electron chi connectivity index (χ4n) is 2.89. The summed E-state index contributed by atoms with van der Waals surface area (Å²) in [6.45, 7) is 4.22. The number of hydrogen-bond acceptors (Lipinski definition) is 3. The maximum atomic E-state index is 12.9. The molecule has 0 atom stereocenters. The van der Waals surface area contributed by atoms with Crippen LogP contribution in [0.2, 0.25) is 0 Å². The summed E-state index contributed by atoms with van der Waals surface area (Å²) < 4.78 is 27.5. The number of hydrogen-bond donors (Lipinski definition) is 1. The third kappa shape index (κ3) is 2.99. The van der Waals surface area contributed by atoms with Gasteiger partial charge in [0, 0.05) is 31.9 Å². The number of nitrogens with zero attached hydrogens (tertiary/aromatic N) is 4. The second-order valence-electron chi connectivity index (χ2n) is 6.06. The number of H-pyrrole nitrogens is 1. The van der Waals surface area contributed by atoms with E-state index in [4.69, 9.17) is 0 Å². The highest BCUT2D eigenvalue weighted by molar-refractivity contribution is 6.04. The Labute approximate surface area is 143 Å². The monoisotopic (exact) mass is 347 g/mol. The molecule has 1 aromatic carbocycles. The normalized spacial score (nSPS) is 11.5. The third-order valence-electron chi connectivity index (χ3n) is 4.37. The van der Waals surface area contributed by atoms with E-state index in [1.165, 1.54) is 0 Å². The highest BCUT2D eigenvalue weighted by Crippen LogP contribution is 2.24. The average molecular weight is 347 g/mol. The molecular formula is C17H19F2N5O. The van der Waals surface area contributed by atoms with Crippen molar-refractivity contribution in [2.45, 2.75) is 26.8 Å². The fraction of sp³-hybridized carbons (Fsp3) is 0.353. The summed E-state index contributed by atoms with van der Waals surface area (Å²) in [5.41, 5.74) is 3.79. The number of carbonyl (C=O) groups is 1. The molecule has 0 spiro atoms. The van der Waals surface area contributed by atoms with E-state index in [-0.39, 0.29) is 11.4 Å². The van der Waals surface area contributed by atoms with Crippen LogP contribution >= 0.6 is 0 Å². The van der Waals surface area contributed by atoms with Gasteiger partial charge in [-0.1, -0.05) is 6.07 Å². The second-order valence-corrected chi connectivity index (χ2v) is 6.06. The zero-order valence-electron chi connectivity index (χ0n) is 14.5. The lowest BCUT2D eigenvalue weighted by Gasteiger charge is -2.18. The zero-order chi connectivity index (χ0) is 18.3. The van der Waals surface area contributed by atoms with Crippen LogP contribution in [0.15, 0.2) is 18.2 Å². The van der Waals surface area contributed by atoms with Crippen LogP contribution in [0, 0.1) is 13.8 Å². The van der Waals surface area contributed by atoms with Crippen LogP contribution in [0.3, 0.4) is 0 Å². The van der Waals surface area contributed by atoms with Crippen LogP contribution in [-0.4, -0.2) is 37.6 Å². The first-order valence-corrected chi connectivity index (χ1v) is 7.81. The number of alkyl halides is 2. The molecular weight excluding hydrogens is 328 g/mol. The lowest BCUT2D eigenvalue weighted by molar-refractivity contribution is 0.0786. The molecule has 0 saturated carbocycles. The Morgan fingerprint density at radius 2 is 2.08 bits per heavy atom. The molecule has 132 valence electrons. The number of aromatic amines is 1. The van der Waals surface area contributed by atoms with Gasteiger partial charge in [-0.05, 0) is 26.0 Å². The Balaban J connectivity index is 1.93. The number of benzene rings is 1. The molecule has 2 aromatic heterocycles. The molecule has 0 saturated heterocycles. The first-order chi connectivity index (χ1) is 11.8. The number of halogens is 2. The van der Waals surface area contributed by atoms with Crippen molar-refractivity contribution in [1.82, 2.24) is 24.6 Å². The fourth-order valence-corrected chi connectivity index (χ4v) is 2.89. The molecule has 1 N–H and O–H groups in total. The van der Waals surface area contributed by atoms with E-state index in [0.29, 0.717) is 17.6 Å². The summed E-state index contributed by atoms with van der Waals surface area (Å²) in [6, 6.07) is 4.87. The van der Waals surface area contributed by atoms with Crippen molar-refractivity contribution in [3.63, 3.8) is 0 Å². The number of imidazole rings is 1. The molecule has 0 bridgehead atoms. The van der Waals surface area contributed by atoms with Crippen molar-refractivity contribution in [3.05, 3.63) is 46.5 Å². The van der Waals surface area contributed by atoms with E-state index in [1.807, 2.05) is 20.9 Å². The maximum Gasteiger partial charge on any atom is 0.295 e. The molecule has 6 nitrogen and oxygen atoms in total. The van der Waals surface area contributed by atoms with Gasteiger partial charge in [-0.15, -0.1) is 0 Å². The molecule has 3 rings (SSSR count). The molecule has 2 heterocycles. The summed E-state index contributed by atoms with van der Waals surface area (Å²) in [5, 5.41) is 4.35. The van der Waals surface area contributed by atoms with Crippen LogP contribution in [0.5, 0.6) is 0 Å². The first-order valence-electron chi connectivity index (χ1n) is 7.81. The molecule has 0 aliphatic carbocycles. The van der Waals surface area contributed by atoms with Gasteiger partial charge in [-0.3, -0.25) is 9.48 Å². The minimum Gasteiger partial charge on any atom is -0.337 e. The quantitative estimate of drug-likeness (QED) is 0.788. The molecule has 8 heteroatoms. The molecule has 3 aromatic rings. The van der Waals surface area contributed by atoms with Gasteiger partial charge < -0.3 is 9.88 Å². The Hall–Kier alpha value is -2.77. The molecule has 25 heavy (non-hydrogen) atoms. The van der Waals surface area contributed by atoms with E-state index in [2.05, 4.69) is 15.1 Å². The third-order valence-corrected chi connectivity index (χ3v) is 4.37. The van der Waals surface area contributed by atoms with Crippen LogP contribution in [-0.2, 0) is 13.6 Å². The molecule has 0 unspecified atom stereocenters. The van der Waals surface area contributed by atoms with Crippen molar-refractivity contribution < 1.29 is 13.6 Å². The number of aryl methyl sites for hydroxylation is 2. The second kappa shape index (κ2) is 6.27. The molecule has 0 aliphatic heterocycles. The number of fused-ring (bicyclic) bond motifs is 1. The highest BCUT2D eigenvalue weighted by Gasteiger charge is 2.21. The Morgan fingerprint density at radius 3 is 2.68 bits per heavy atom. The van der Waals surface area contributed by atoms with E-state index < -0.39 is 12.2 Å². The lowest BCUT2D eigenvalue weighted by Crippen LogP contribution is -2.27. The smallest absolute Gasteiger partial charge is 0.295 e. The van der Waals surface area contributed by atoms with Gasteiger partial charge in [0.1, 0.15) is 5.52 Å². The van der Waals surface area contributed by atoms with Crippen molar-refractivity contribution in [1.29, 1.82) is 0 Å². The summed E-state index contributed by atoms with van der Waals surface area (Å²) in [5.74, 6) is -0.711. The van der Waals surface area contributed by atoms with Gasteiger partial charge in [0.15, 0.2) is 5.82 Å². The van der Waals surface area contributed by atoms with Gasteiger partial charge in [-0.2, -0.15) is 5.10 Å². The first kappa shape index (κ1) is 17.1. The zero-order valence-corrected chi connectivity index (χ0v) is 14.5. The lowest BCUT2D eigenvalue weighted by atomic mass is 10.1. The van der Waals surface area contributed by atoms with Gasteiger partial charge in [-0.25, -0.2) is 13.8 Å². The van der Waals surface area contributed by atoms with Crippen molar-refractivity contribution in [3.8, 4) is 0 Å². The number of aromatic nitrogens is 4. The number of amides is 1. The van der Waals surface area contributed by atoms with E-state index in [9.17, 15) is 13.6 Å². The predicted molar refractivity (Wildman–Crippen MR) is 89.5 cm³/mol. The van der Waals surface area contributed by atoms with E-state index in [0.717, 1.165) is 17.0 Å². The van der Waals surface area contributed by atoms with E-state index >= 15 is 0 Å². The van der Waals surface area contributed by atoms with Crippen molar-refractivity contribution in [2.24, 2.45) is 7.05 Å². The summed E-state index contributed by atoms with van der Waals surface area (Å²) in [7, 11) is 3.53. The number of carbonyl (C=O) groups excluding carboxylic acids is 1. The van der Waals surface area contributed by atoms with Crippen LogP contribution in [0.1, 0.15) is 39.6 Å². The van der Waals surface area contributed by atoms with Gasteiger partial charge >= 0.3 is 0 Å². The number of para-hydroxylation sites is 1. The Bertz CT molecular complexity index is 944. The molecule has 1 amide bonds. The molecule has 0 radical (unpaired) electrons. The van der Waals surface area contributed by atoms with Crippen LogP contribution in [0.4, 0.5) is 8.78 Å². The van der Waals surface area contributed by atoms with Crippen molar-refractivity contribution in [2.75, 3.05) is 7.05 Å². The molecule has 0 aliphatic rings. The topological polar surface area (TPSA) is 66.8 Å². The summed E-state index contributed by atoms with van der Waals surface area (Å²) >= 11 is 0. The largest absolute Gasteiger partial charge is 0.337 e. The number of rotatable bonds is 4. The predicted octanol–water partition coefficient (Wildman–Crippen LogP) is 3.12. The highest BCUT2D eigenvalue weighted by atomic mass is 19.3. The Morgan fingerprint density at radius 1 is 1.36 bits per heavy atom. The molecule has 0 fully saturated rings. The average Bonchev–Trinajstić information content (AvgIpc) is 3.11. The van der Waals surface area contributed by atoms with Gasteiger partial charge in [0.25, 0.3) is 12.3 Å². The van der Waals surface area contributed by atoms with Gasteiger partial charge in [0.05, 0.1) is 16.8 Å². The number of nitrogens with one attached hydrogen (secondary N) is 1. The minimum absolute atomic E-state index is 0.259. The van der Waals surface area contributed by atoms with Gasteiger partial charge in [0.2, 0.25) is 0 Å².